The number of alkyl halides is 3. The van der Waals surface area contributed by atoms with Gasteiger partial charge in [0.05, 0.1) is 22.8 Å². The van der Waals surface area contributed by atoms with Crippen molar-refractivity contribution in [1.82, 2.24) is 9.97 Å². The Morgan fingerprint density at radius 2 is 1.94 bits per heavy atom. The summed E-state index contributed by atoms with van der Waals surface area (Å²) in [4.78, 5) is 22.1. The van der Waals surface area contributed by atoms with E-state index in [1.54, 1.807) is 4.90 Å². The Morgan fingerprint density at radius 3 is 2.59 bits per heavy atom. The first-order chi connectivity index (χ1) is 16.1. The van der Waals surface area contributed by atoms with Crippen LogP contribution in [0, 0.1) is 11.6 Å². The van der Waals surface area contributed by atoms with Crippen molar-refractivity contribution in [3.63, 3.8) is 0 Å². The van der Waals surface area contributed by atoms with Gasteiger partial charge in [-0.25, -0.2) is 13.8 Å². The van der Waals surface area contributed by atoms with E-state index in [4.69, 9.17) is 0 Å². The molecule has 2 N–H and O–H groups in total. The van der Waals surface area contributed by atoms with Crippen LogP contribution in [0.3, 0.4) is 0 Å². The van der Waals surface area contributed by atoms with Crippen molar-refractivity contribution in [2.75, 3.05) is 23.3 Å². The van der Waals surface area contributed by atoms with E-state index < -0.39 is 45.8 Å². The van der Waals surface area contributed by atoms with Crippen LogP contribution in [0.15, 0.2) is 53.8 Å². The third kappa shape index (κ3) is 5.62. The first-order valence-corrected chi connectivity index (χ1v) is 10.8. The summed E-state index contributed by atoms with van der Waals surface area (Å²) in [5.41, 5.74) is -3.88. The van der Waals surface area contributed by atoms with Crippen molar-refractivity contribution in [2.24, 2.45) is 0 Å². The number of aliphatic hydroxyl groups excluding tert-OH is 1. The van der Waals surface area contributed by atoms with Crippen LogP contribution in [0.4, 0.5) is 33.5 Å². The number of anilines is 2. The maximum Gasteiger partial charge on any atom is 0.446 e. The minimum absolute atomic E-state index is 0.0465. The number of nitrogens with zero attached hydrogens (tertiary/aromatic N) is 3. The van der Waals surface area contributed by atoms with Gasteiger partial charge in [0, 0.05) is 42.3 Å². The van der Waals surface area contributed by atoms with Crippen LogP contribution in [0.25, 0.3) is 11.1 Å². The van der Waals surface area contributed by atoms with E-state index in [2.05, 4.69) is 15.3 Å². The zero-order chi connectivity index (χ0) is 24.5. The van der Waals surface area contributed by atoms with Crippen molar-refractivity contribution < 1.29 is 31.9 Å². The number of benzene rings is 1. The Hall–Kier alpha value is -3.25. The Balaban J connectivity index is 1.62. The molecule has 1 aliphatic heterocycles. The largest absolute Gasteiger partial charge is 0.446 e. The predicted octanol–water partition coefficient (Wildman–Crippen LogP) is 4.86. The highest BCUT2D eigenvalue weighted by Crippen LogP contribution is 2.39. The number of hydrogen-bond acceptors (Lipinski definition) is 6. The van der Waals surface area contributed by atoms with Gasteiger partial charge in [-0.3, -0.25) is 9.78 Å². The number of carbonyl (C=O) groups is 1. The number of halogens is 5. The molecule has 1 saturated heterocycles. The van der Waals surface area contributed by atoms with Gasteiger partial charge in [-0.2, -0.15) is 13.2 Å². The van der Waals surface area contributed by atoms with Gasteiger partial charge < -0.3 is 15.3 Å². The van der Waals surface area contributed by atoms with Crippen molar-refractivity contribution in [2.45, 2.75) is 22.9 Å². The van der Waals surface area contributed by atoms with E-state index in [1.165, 1.54) is 24.5 Å². The number of rotatable bonds is 5. The second-order valence-electron chi connectivity index (χ2n) is 7.52. The number of β-amino-alcohol motifs (C(OH)–C–C–N with tert-alkyl or cyclic N) is 1. The first kappa shape index (κ1) is 23.9. The molecule has 1 atom stereocenters. The van der Waals surface area contributed by atoms with Gasteiger partial charge in [0.25, 0.3) is 5.91 Å². The lowest BCUT2D eigenvalue weighted by molar-refractivity contribution is -0.0329. The summed E-state index contributed by atoms with van der Waals surface area (Å²) in [5, 5.41) is 12.3. The standard InChI is InChI=1S/C22H17F5N4O2S/c23-14-5-12(8-28-10-14)17-6-13(9-29-20(17)31-4-3-16(32)11-31)21(33)30-15-1-2-19(18(24)7-15)34-22(25,26)27/h1-2,5-10,16,32H,3-4,11H2,(H,30,33). The first-order valence-electron chi connectivity index (χ1n) is 10.00. The van der Waals surface area contributed by atoms with Crippen LogP contribution in [0.5, 0.6) is 0 Å². The van der Waals surface area contributed by atoms with Gasteiger partial charge in [0.1, 0.15) is 17.5 Å². The number of thioether (sulfide) groups is 1. The summed E-state index contributed by atoms with van der Waals surface area (Å²) in [6, 6.07) is 5.56. The summed E-state index contributed by atoms with van der Waals surface area (Å²) in [6.07, 6.45) is 3.69. The fourth-order valence-electron chi connectivity index (χ4n) is 3.53. The van der Waals surface area contributed by atoms with E-state index in [0.29, 0.717) is 36.5 Å². The molecule has 4 rings (SSSR count). The van der Waals surface area contributed by atoms with Gasteiger partial charge in [-0.1, -0.05) is 0 Å². The van der Waals surface area contributed by atoms with Crippen LogP contribution in [0.2, 0.25) is 0 Å². The maximum absolute atomic E-state index is 14.1. The summed E-state index contributed by atoms with van der Waals surface area (Å²) in [5.74, 6) is -1.98. The number of hydrogen-bond donors (Lipinski definition) is 2. The SMILES string of the molecule is O=C(Nc1ccc(SC(F)(F)F)c(F)c1)c1cnc(N2CCC(O)C2)c(-c2cncc(F)c2)c1. The van der Waals surface area contributed by atoms with E-state index in [-0.39, 0.29) is 11.3 Å². The van der Waals surface area contributed by atoms with Crippen LogP contribution >= 0.6 is 11.8 Å². The molecule has 1 aliphatic rings. The fraction of sp³-hybridized carbons (Fsp3) is 0.227. The van der Waals surface area contributed by atoms with Crippen LogP contribution in [0.1, 0.15) is 16.8 Å². The topological polar surface area (TPSA) is 78.4 Å². The number of aliphatic hydroxyl groups is 1. The average molecular weight is 496 g/mol. The number of nitrogens with one attached hydrogen (secondary N) is 1. The molecule has 0 bridgehead atoms. The molecule has 1 fully saturated rings. The molecule has 0 spiro atoms. The van der Waals surface area contributed by atoms with E-state index >= 15 is 0 Å². The van der Waals surface area contributed by atoms with Crippen LogP contribution in [-0.4, -0.2) is 45.7 Å². The number of amides is 1. The molecule has 1 aromatic carbocycles. The molecule has 6 nitrogen and oxygen atoms in total. The molecule has 0 radical (unpaired) electrons. The Kier molecular flexibility index (Phi) is 6.71. The van der Waals surface area contributed by atoms with E-state index in [1.807, 2.05) is 0 Å². The second-order valence-corrected chi connectivity index (χ2v) is 8.63. The Morgan fingerprint density at radius 1 is 1.15 bits per heavy atom. The van der Waals surface area contributed by atoms with Crippen LogP contribution in [-0.2, 0) is 0 Å². The molecule has 178 valence electrons. The van der Waals surface area contributed by atoms with Crippen molar-refractivity contribution in [3.05, 3.63) is 66.1 Å². The van der Waals surface area contributed by atoms with Gasteiger partial charge in [-0.05, 0) is 48.5 Å². The summed E-state index contributed by atoms with van der Waals surface area (Å²) < 4.78 is 65.4. The maximum atomic E-state index is 14.1. The minimum Gasteiger partial charge on any atom is -0.391 e. The third-order valence-corrected chi connectivity index (χ3v) is 5.81. The lowest BCUT2D eigenvalue weighted by Gasteiger charge is -2.21. The molecular formula is C22H17F5N4O2S. The fourth-order valence-corrected chi connectivity index (χ4v) is 4.07. The zero-order valence-electron chi connectivity index (χ0n) is 17.3. The molecule has 0 aliphatic carbocycles. The van der Waals surface area contributed by atoms with Gasteiger partial charge in [-0.15, -0.1) is 0 Å². The summed E-state index contributed by atoms with van der Waals surface area (Å²) >= 11 is -0.591. The highest BCUT2D eigenvalue weighted by molar-refractivity contribution is 8.00. The van der Waals surface area contributed by atoms with E-state index in [0.717, 1.165) is 24.4 Å². The molecule has 2 aromatic heterocycles. The van der Waals surface area contributed by atoms with Crippen LogP contribution < -0.4 is 10.2 Å². The smallest absolute Gasteiger partial charge is 0.391 e. The lowest BCUT2D eigenvalue weighted by Crippen LogP contribution is -2.23. The number of aromatic nitrogens is 2. The summed E-state index contributed by atoms with van der Waals surface area (Å²) in [7, 11) is 0. The van der Waals surface area contributed by atoms with Gasteiger partial charge in [0.15, 0.2) is 0 Å². The molecule has 3 heterocycles. The predicted molar refractivity (Wildman–Crippen MR) is 117 cm³/mol. The highest BCUT2D eigenvalue weighted by atomic mass is 32.2. The lowest BCUT2D eigenvalue weighted by atomic mass is 10.1. The highest BCUT2D eigenvalue weighted by Gasteiger charge is 2.31. The Bertz CT molecular complexity index is 1220. The third-order valence-electron chi connectivity index (χ3n) is 5.02. The number of carbonyl (C=O) groups excluding carboxylic acids is 1. The van der Waals surface area contributed by atoms with E-state index in [9.17, 15) is 31.9 Å². The average Bonchev–Trinajstić information content (AvgIpc) is 3.20. The molecule has 0 saturated carbocycles. The zero-order valence-corrected chi connectivity index (χ0v) is 18.1. The molecule has 1 amide bonds. The minimum atomic E-state index is -4.65. The monoisotopic (exact) mass is 496 g/mol. The molecule has 3 aromatic rings. The molecule has 34 heavy (non-hydrogen) atoms. The number of pyridine rings is 2. The molecular weight excluding hydrogens is 479 g/mol. The molecule has 12 heteroatoms. The Labute approximate surface area is 194 Å². The van der Waals surface area contributed by atoms with Crippen molar-refractivity contribution in [1.29, 1.82) is 0 Å². The van der Waals surface area contributed by atoms with Crippen molar-refractivity contribution in [3.8, 4) is 11.1 Å². The summed E-state index contributed by atoms with van der Waals surface area (Å²) in [6.45, 7) is 0.826. The normalized spacial score (nSPS) is 16.1. The van der Waals surface area contributed by atoms with Crippen molar-refractivity contribution >= 4 is 29.2 Å². The van der Waals surface area contributed by atoms with Gasteiger partial charge >= 0.3 is 5.51 Å². The second kappa shape index (κ2) is 9.55. The van der Waals surface area contributed by atoms with Gasteiger partial charge in [0.2, 0.25) is 0 Å². The molecule has 1 unspecified atom stereocenters. The quantitative estimate of drug-likeness (QED) is 0.388.